The molecule has 1 saturated carbocycles. The first-order chi connectivity index (χ1) is 12.0. The maximum Gasteiger partial charge on any atom is 0.288 e. The Balaban J connectivity index is 1.47. The van der Waals surface area contributed by atoms with Gasteiger partial charge in [-0.25, -0.2) is 4.98 Å². The van der Waals surface area contributed by atoms with Crippen LogP contribution in [-0.2, 0) is 0 Å². The van der Waals surface area contributed by atoms with Gasteiger partial charge in [0.2, 0.25) is 11.8 Å². The predicted molar refractivity (Wildman–Crippen MR) is 86.1 cm³/mol. The summed E-state index contributed by atoms with van der Waals surface area (Å²) in [5.74, 6) is 0.0527. The molecule has 2 aromatic heterocycles. The van der Waals surface area contributed by atoms with Crippen molar-refractivity contribution in [2.45, 2.75) is 25.7 Å². The van der Waals surface area contributed by atoms with Crippen LogP contribution in [0, 0.1) is 12.7 Å². The SMILES string of the molecule is Cc1cc(C(=O)N2CCN(c3nc(C4CC4)c(F)c(=O)[nH]3)CC2)no1. The van der Waals surface area contributed by atoms with Gasteiger partial charge in [-0.3, -0.25) is 14.6 Å². The van der Waals surface area contributed by atoms with Crippen LogP contribution in [-0.4, -0.2) is 52.1 Å². The molecule has 0 bridgehead atoms. The Kier molecular flexibility index (Phi) is 3.78. The van der Waals surface area contributed by atoms with Crippen molar-refractivity contribution >= 4 is 11.9 Å². The molecule has 0 unspecified atom stereocenters. The van der Waals surface area contributed by atoms with Crippen LogP contribution in [0.25, 0.3) is 0 Å². The van der Waals surface area contributed by atoms with E-state index in [9.17, 15) is 14.0 Å². The Hall–Kier alpha value is -2.71. The van der Waals surface area contributed by atoms with Crippen molar-refractivity contribution < 1.29 is 13.7 Å². The summed E-state index contributed by atoms with van der Waals surface area (Å²) in [5, 5.41) is 3.75. The molecule has 1 aliphatic heterocycles. The van der Waals surface area contributed by atoms with Crippen LogP contribution >= 0.6 is 0 Å². The Bertz CT molecular complexity index is 865. The third kappa shape index (κ3) is 3.01. The highest BCUT2D eigenvalue weighted by atomic mass is 19.1. The maximum atomic E-state index is 13.9. The molecule has 4 rings (SSSR count). The number of H-pyrrole nitrogens is 1. The van der Waals surface area contributed by atoms with Crippen molar-refractivity contribution in [3.8, 4) is 0 Å². The molecule has 3 heterocycles. The summed E-state index contributed by atoms with van der Waals surface area (Å²) < 4.78 is 18.8. The average molecular weight is 347 g/mol. The molecule has 9 heteroatoms. The van der Waals surface area contributed by atoms with E-state index in [-0.39, 0.29) is 23.2 Å². The van der Waals surface area contributed by atoms with Crippen LogP contribution in [0.15, 0.2) is 15.4 Å². The zero-order valence-electron chi connectivity index (χ0n) is 13.8. The number of nitrogens with one attached hydrogen (secondary N) is 1. The van der Waals surface area contributed by atoms with Gasteiger partial charge in [0.15, 0.2) is 5.69 Å². The summed E-state index contributed by atoms with van der Waals surface area (Å²) in [5.41, 5.74) is -0.186. The monoisotopic (exact) mass is 347 g/mol. The fourth-order valence-electron chi connectivity index (χ4n) is 2.99. The lowest BCUT2D eigenvalue weighted by molar-refractivity contribution is 0.0735. The molecule has 0 atom stereocenters. The number of halogens is 1. The van der Waals surface area contributed by atoms with Crippen molar-refractivity contribution in [1.82, 2.24) is 20.0 Å². The van der Waals surface area contributed by atoms with Gasteiger partial charge >= 0.3 is 0 Å². The molecule has 1 amide bonds. The molecular weight excluding hydrogens is 329 g/mol. The van der Waals surface area contributed by atoms with Crippen molar-refractivity contribution in [3.63, 3.8) is 0 Å². The Morgan fingerprint density at radius 3 is 2.64 bits per heavy atom. The van der Waals surface area contributed by atoms with Crippen LogP contribution in [0.5, 0.6) is 0 Å². The van der Waals surface area contributed by atoms with E-state index in [2.05, 4.69) is 15.1 Å². The number of carbonyl (C=O) groups excluding carboxylic acids is 1. The molecule has 1 saturated heterocycles. The Morgan fingerprint density at radius 2 is 2.04 bits per heavy atom. The zero-order valence-corrected chi connectivity index (χ0v) is 13.8. The van der Waals surface area contributed by atoms with E-state index in [1.54, 1.807) is 17.9 Å². The summed E-state index contributed by atoms with van der Waals surface area (Å²) in [7, 11) is 0. The Morgan fingerprint density at radius 1 is 1.32 bits per heavy atom. The first-order valence-corrected chi connectivity index (χ1v) is 8.30. The molecule has 2 aromatic rings. The third-order valence-electron chi connectivity index (χ3n) is 4.55. The number of hydrogen-bond donors (Lipinski definition) is 1. The third-order valence-corrected chi connectivity index (χ3v) is 4.55. The zero-order chi connectivity index (χ0) is 17.6. The van der Waals surface area contributed by atoms with Gasteiger partial charge in [-0.05, 0) is 19.8 Å². The number of piperazine rings is 1. The van der Waals surface area contributed by atoms with Crippen LogP contribution < -0.4 is 10.5 Å². The van der Waals surface area contributed by atoms with Gasteiger partial charge in [-0.1, -0.05) is 5.16 Å². The summed E-state index contributed by atoms with van der Waals surface area (Å²) in [6.45, 7) is 3.66. The molecule has 25 heavy (non-hydrogen) atoms. The highest BCUT2D eigenvalue weighted by molar-refractivity contribution is 5.92. The molecular formula is C16H18FN5O3. The molecule has 0 radical (unpaired) electrons. The van der Waals surface area contributed by atoms with E-state index in [0.717, 1.165) is 12.8 Å². The molecule has 0 spiro atoms. The number of nitrogens with zero attached hydrogens (tertiary/aromatic N) is 4. The number of aryl methyl sites for hydroxylation is 1. The summed E-state index contributed by atoms with van der Waals surface area (Å²) >= 11 is 0. The summed E-state index contributed by atoms with van der Waals surface area (Å²) in [4.78, 5) is 34.5. The summed E-state index contributed by atoms with van der Waals surface area (Å²) in [6.07, 6.45) is 1.73. The number of aromatic amines is 1. The fourth-order valence-corrected chi connectivity index (χ4v) is 2.99. The fraction of sp³-hybridized carbons (Fsp3) is 0.500. The largest absolute Gasteiger partial charge is 0.361 e. The number of aromatic nitrogens is 3. The minimum atomic E-state index is -0.776. The molecule has 1 N–H and O–H groups in total. The van der Waals surface area contributed by atoms with Crippen LogP contribution in [0.4, 0.5) is 10.3 Å². The number of anilines is 1. The van der Waals surface area contributed by atoms with Crippen LogP contribution in [0.3, 0.4) is 0 Å². The van der Waals surface area contributed by atoms with Gasteiger partial charge in [0.25, 0.3) is 11.5 Å². The lowest BCUT2D eigenvalue weighted by atomic mass is 10.2. The number of rotatable bonds is 3. The first-order valence-electron chi connectivity index (χ1n) is 8.30. The topological polar surface area (TPSA) is 95.3 Å². The van der Waals surface area contributed by atoms with E-state index >= 15 is 0 Å². The number of hydrogen-bond acceptors (Lipinski definition) is 6. The van der Waals surface area contributed by atoms with Crippen molar-refractivity contribution in [2.24, 2.45) is 0 Å². The molecule has 132 valence electrons. The van der Waals surface area contributed by atoms with Gasteiger partial charge in [0.05, 0.1) is 5.69 Å². The minimum absolute atomic E-state index is 0.0549. The maximum absolute atomic E-state index is 13.9. The van der Waals surface area contributed by atoms with Gasteiger partial charge < -0.3 is 14.3 Å². The number of amides is 1. The van der Waals surface area contributed by atoms with Crippen molar-refractivity contribution in [2.75, 3.05) is 31.1 Å². The average Bonchev–Trinajstić information content (AvgIpc) is 3.37. The normalized spacial score (nSPS) is 17.8. The second-order valence-electron chi connectivity index (χ2n) is 6.47. The predicted octanol–water partition coefficient (Wildman–Crippen LogP) is 1.05. The van der Waals surface area contributed by atoms with E-state index in [1.807, 2.05) is 4.90 Å². The number of carbonyl (C=O) groups is 1. The highest BCUT2D eigenvalue weighted by Gasteiger charge is 2.31. The van der Waals surface area contributed by atoms with Gasteiger partial charge in [0, 0.05) is 38.2 Å². The van der Waals surface area contributed by atoms with E-state index in [0.29, 0.717) is 37.9 Å². The minimum Gasteiger partial charge on any atom is -0.361 e. The standard InChI is InChI=1S/C16H18FN5O3/c1-9-8-11(20-25-9)15(24)21-4-6-22(7-5-21)16-18-13(10-2-3-10)12(17)14(23)19-16/h8,10H,2-7H2,1H3,(H,18,19,23). The summed E-state index contributed by atoms with van der Waals surface area (Å²) in [6, 6.07) is 1.61. The molecule has 8 nitrogen and oxygen atoms in total. The smallest absolute Gasteiger partial charge is 0.288 e. The lowest BCUT2D eigenvalue weighted by Gasteiger charge is -2.34. The van der Waals surface area contributed by atoms with E-state index in [4.69, 9.17) is 4.52 Å². The lowest BCUT2D eigenvalue weighted by Crippen LogP contribution is -2.49. The second kappa shape index (κ2) is 5.98. The molecule has 2 fully saturated rings. The molecule has 1 aliphatic carbocycles. The quantitative estimate of drug-likeness (QED) is 0.891. The van der Waals surface area contributed by atoms with Crippen LogP contribution in [0.2, 0.25) is 0 Å². The second-order valence-corrected chi connectivity index (χ2v) is 6.47. The Labute approximate surface area is 142 Å². The van der Waals surface area contributed by atoms with Gasteiger partial charge in [-0.15, -0.1) is 0 Å². The molecule has 0 aromatic carbocycles. The van der Waals surface area contributed by atoms with Crippen molar-refractivity contribution in [3.05, 3.63) is 39.4 Å². The van der Waals surface area contributed by atoms with Crippen molar-refractivity contribution in [1.29, 1.82) is 0 Å². The first kappa shape index (κ1) is 15.8. The van der Waals surface area contributed by atoms with Gasteiger partial charge in [-0.2, -0.15) is 4.39 Å². The van der Waals surface area contributed by atoms with E-state index < -0.39 is 11.4 Å². The highest BCUT2D eigenvalue weighted by Crippen LogP contribution is 2.39. The van der Waals surface area contributed by atoms with Crippen LogP contribution in [0.1, 0.15) is 40.7 Å². The van der Waals surface area contributed by atoms with Gasteiger partial charge in [0.1, 0.15) is 5.76 Å². The molecule has 2 aliphatic rings. The van der Waals surface area contributed by atoms with E-state index in [1.165, 1.54) is 0 Å².